The van der Waals surface area contributed by atoms with E-state index >= 15 is 0 Å². The molecular weight excluding hydrogens is 169 g/mol. The van der Waals surface area contributed by atoms with Crippen molar-refractivity contribution in [2.45, 2.75) is 11.6 Å². The molecule has 10 heavy (non-hydrogen) atoms. The molecule has 0 bridgehead atoms. The molecule has 2 nitrogen and oxygen atoms in total. The minimum atomic E-state index is -4.42. The Kier molecular flexibility index (Phi) is 1.80. The summed E-state index contributed by atoms with van der Waals surface area (Å²) >= 11 is 0.461. The lowest BCUT2D eigenvalue weighted by atomic mass is 10.7. The first-order chi connectivity index (χ1) is 4.50. The van der Waals surface area contributed by atoms with Crippen molar-refractivity contribution in [3.05, 3.63) is 0 Å². The molecule has 0 spiro atoms. The van der Waals surface area contributed by atoms with Crippen LogP contribution in [-0.4, -0.2) is 23.3 Å². The van der Waals surface area contributed by atoms with Crippen LogP contribution in [0, 0.1) is 0 Å². The monoisotopic (exact) mass is 172 g/mol. The second kappa shape index (κ2) is 2.34. The Morgan fingerprint density at radius 2 is 2.20 bits per heavy atom. The highest BCUT2D eigenvalue weighted by Crippen LogP contribution is 2.35. The van der Waals surface area contributed by atoms with Gasteiger partial charge in [-0.05, 0) is 0 Å². The van der Waals surface area contributed by atoms with Crippen LogP contribution in [0.15, 0.2) is 0 Å². The van der Waals surface area contributed by atoms with Crippen LogP contribution < -0.4 is 0 Å². The molecule has 0 N–H and O–H groups in total. The second-order valence-electron chi connectivity index (χ2n) is 1.67. The molecule has 58 valence electrons. The quantitative estimate of drug-likeness (QED) is 0.513. The Labute approximate surface area is 58.7 Å². The van der Waals surface area contributed by atoms with E-state index in [-0.39, 0.29) is 5.75 Å². The van der Waals surface area contributed by atoms with Gasteiger partial charge in [-0.1, -0.05) is 11.8 Å². The molecule has 6 heteroatoms. The molecule has 0 aromatic rings. The fourth-order valence-corrected chi connectivity index (χ4v) is 1.21. The van der Waals surface area contributed by atoms with Crippen LogP contribution in [0.4, 0.5) is 13.2 Å². The van der Waals surface area contributed by atoms with E-state index in [9.17, 15) is 18.0 Å². The van der Waals surface area contributed by atoms with Gasteiger partial charge in [-0.2, -0.15) is 13.2 Å². The molecule has 1 saturated heterocycles. The summed E-state index contributed by atoms with van der Waals surface area (Å²) in [4.78, 5) is 10.2. The van der Waals surface area contributed by atoms with Gasteiger partial charge in [-0.25, -0.2) is 0 Å². The van der Waals surface area contributed by atoms with E-state index in [2.05, 4.69) is 4.74 Å². The van der Waals surface area contributed by atoms with Gasteiger partial charge in [0.1, 0.15) is 0 Å². The fourth-order valence-electron chi connectivity index (χ4n) is 0.492. The van der Waals surface area contributed by atoms with Gasteiger partial charge in [-0.3, -0.25) is 4.79 Å². The molecule has 1 aliphatic heterocycles. The Morgan fingerprint density at radius 3 is 2.40 bits per heavy atom. The average Bonchev–Trinajstić information content (AvgIpc) is 2.11. The highest BCUT2D eigenvalue weighted by Gasteiger charge is 2.46. The van der Waals surface area contributed by atoms with Crippen molar-refractivity contribution < 1.29 is 22.7 Å². The maximum atomic E-state index is 11.6. The van der Waals surface area contributed by atoms with Gasteiger partial charge in [0.2, 0.25) is 5.44 Å². The van der Waals surface area contributed by atoms with Crippen molar-refractivity contribution in [3.63, 3.8) is 0 Å². The maximum absolute atomic E-state index is 11.6. The van der Waals surface area contributed by atoms with E-state index in [0.717, 1.165) is 0 Å². The zero-order chi connectivity index (χ0) is 7.78. The second-order valence-corrected chi connectivity index (χ2v) is 2.72. The SMILES string of the molecule is O=C1CS[C@H](C(F)(F)F)O1. The lowest BCUT2D eigenvalue weighted by Crippen LogP contribution is -2.25. The number of cyclic esters (lactones) is 1. The van der Waals surface area contributed by atoms with Crippen LogP contribution in [0.3, 0.4) is 0 Å². The number of rotatable bonds is 0. The van der Waals surface area contributed by atoms with E-state index < -0.39 is 17.6 Å². The lowest BCUT2D eigenvalue weighted by Gasteiger charge is -2.10. The van der Waals surface area contributed by atoms with Crippen LogP contribution >= 0.6 is 11.8 Å². The van der Waals surface area contributed by atoms with Crippen molar-refractivity contribution in [2.24, 2.45) is 0 Å². The van der Waals surface area contributed by atoms with E-state index in [4.69, 9.17) is 0 Å². The Hall–Kier alpha value is -0.390. The maximum Gasteiger partial charge on any atom is 0.435 e. The summed E-state index contributed by atoms with van der Waals surface area (Å²) < 4.78 is 38.8. The standard InChI is InChI=1S/C4H3F3O2S/c5-4(6,7)3-9-2(8)1-10-3/h3H,1H2/t3-/m1/s1. The first-order valence-electron chi connectivity index (χ1n) is 2.38. The molecule has 0 aliphatic carbocycles. The third kappa shape index (κ3) is 1.56. The van der Waals surface area contributed by atoms with Crippen molar-refractivity contribution in [1.82, 2.24) is 0 Å². The smallest absolute Gasteiger partial charge is 0.435 e. The zero-order valence-electron chi connectivity index (χ0n) is 4.64. The first-order valence-corrected chi connectivity index (χ1v) is 3.43. The predicted octanol–water partition coefficient (Wildman–Crippen LogP) is 1.16. The van der Waals surface area contributed by atoms with Gasteiger partial charge in [0.15, 0.2) is 0 Å². The van der Waals surface area contributed by atoms with Crippen molar-refractivity contribution >= 4 is 17.7 Å². The van der Waals surface area contributed by atoms with Crippen LogP contribution in [0.25, 0.3) is 0 Å². The highest BCUT2D eigenvalue weighted by atomic mass is 32.2. The number of carbonyl (C=O) groups excluding carboxylic acids is 1. The molecule has 1 fully saturated rings. The first kappa shape index (κ1) is 7.71. The molecule has 0 aromatic carbocycles. The average molecular weight is 172 g/mol. The van der Waals surface area contributed by atoms with Gasteiger partial charge in [0.25, 0.3) is 0 Å². The number of hydrogen-bond acceptors (Lipinski definition) is 3. The molecule has 1 rings (SSSR count). The van der Waals surface area contributed by atoms with E-state index in [1.807, 2.05) is 0 Å². The number of ether oxygens (including phenoxy) is 1. The summed E-state index contributed by atoms with van der Waals surface area (Å²) in [6, 6.07) is 0. The largest absolute Gasteiger partial charge is 0.441 e. The molecular formula is C4H3F3O2S. The molecule has 0 amide bonds. The van der Waals surface area contributed by atoms with Crippen molar-refractivity contribution in [1.29, 1.82) is 0 Å². The lowest BCUT2D eigenvalue weighted by molar-refractivity contribution is -0.191. The molecule has 0 aromatic heterocycles. The zero-order valence-corrected chi connectivity index (χ0v) is 5.46. The summed E-state index contributed by atoms with van der Waals surface area (Å²) in [5, 5.41) is 0. The normalized spacial score (nSPS) is 26.7. The van der Waals surface area contributed by atoms with Gasteiger partial charge >= 0.3 is 12.1 Å². The third-order valence-electron chi connectivity index (χ3n) is 0.858. The number of alkyl halides is 3. The van der Waals surface area contributed by atoms with Crippen LogP contribution in [-0.2, 0) is 9.53 Å². The molecule has 0 unspecified atom stereocenters. The topological polar surface area (TPSA) is 26.3 Å². The number of hydrogen-bond donors (Lipinski definition) is 0. The predicted molar refractivity (Wildman–Crippen MR) is 28.4 cm³/mol. The van der Waals surface area contributed by atoms with Gasteiger partial charge in [0.05, 0.1) is 5.75 Å². The van der Waals surface area contributed by atoms with Gasteiger partial charge in [-0.15, -0.1) is 0 Å². The Morgan fingerprint density at radius 1 is 1.60 bits per heavy atom. The number of carbonyl (C=O) groups is 1. The Bertz CT molecular complexity index is 155. The van der Waals surface area contributed by atoms with Crippen LogP contribution in [0.1, 0.15) is 0 Å². The Balaban J connectivity index is 2.53. The third-order valence-corrected chi connectivity index (χ3v) is 1.93. The minimum absolute atomic E-state index is 0.204. The van der Waals surface area contributed by atoms with Crippen molar-refractivity contribution in [2.75, 3.05) is 5.75 Å². The molecule has 0 radical (unpaired) electrons. The van der Waals surface area contributed by atoms with Gasteiger partial charge < -0.3 is 4.74 Å². The molecule has 1 atom stereocenters. The van der Waals surface area contributed by atoms with Crippen LogP contribution in [0.2, 0.25) is 0 Å². The molecule has 1 heterocycles. The van der Waals surface area contributed by atoms with E-state index in [0.29, 0.717) is 11.8 Å². The van der Waals surface area contributed by atoms with Crippen molar-refractivity contribution in [3.8, 4) is 0 Å². The molecule has 1 aliphatic rings. The van der Waals surface area contributed by atoms with Crippen LogP contribution in [0.5, 0.6) is 0 Å². The number of halogens is 3. The summed E-state index contributed by atoms with van der Waals surface area (Å²) in [6.45, 7) is 0. The number of esters is 1. The van der Waals surface area contributed by atoms with E-state index in [1.54, 1.807) is 0 Å². The summed E-state index contributed by atoms with van der Waals surface area (Å²) in [7, 11) is 0. The van der Waals surface area contributed by atoms with E-state index in [1.165, 1.54) is 0 Å². The fraction of sp³-hybridized carbons (Fsp3) is 0.750. The summed E-state index contributed by atoms with van der Waals surface area (Å²) in [5.74, 6) is -1.00. The summed E-state index contributed by atoms with van der Waals surface area (Å²) in [5.41, 5.74) is -1.94. The number of thioether (sulfide) groups is 1. The van der Waals surface area contributed by atoms with Gasteiger partial charge in [0, 0.05) is 0 Å². The highest BCUT2D eigenvalue weighted by molar-refractivity contribution is 8.00. The molecule has 0 saturated carbocycles. The minimum Gasteiger partial charge on any atom is -0.441 e. The summed E-state index contributed by atoms with van der Waals surface area (Å²) in [6.07, 6.45) is -4.42.